The molecule has 0 radical (unpaired) electrons. The van der Waals surface area contributed by atoms with Crippen molar-refractivity contribution in [3.05, 3.63) is 66.0 Å². The smallest absolute Gasteiger partial charge is 0.408 e. The lowest BCUT2D eigenvalue weighted by molar-refractivity contribution is -0.131. The number of pyridine rings is 1. The summed E-state index contributed by atoms with van der Waals surface area (Å²) in [5.41, 5.74) is 2.00. The summed E-state index contributed by atoms with van der Waals surface area (Å²) in [6, 6.07) is 12.8. The summed E-state index contributed by atoms with van der Waals surface area (Å²) in [5, 5.41) is 2.56. The van der Waals surface area contributed by atoms with E-state index in [0.717, 1.165) is 12.0 Å². The van der Waals surface area contributed by atoms with Gasteiger partial charge in [-0.25, -0.2) is 4.79 Å². The molecule has 2 amide bonds. The molecule has 0 unspecified atom stereocenters. The highest BCUT2D eigenvalue weighted by molar-refractivity contribution is 5.85. The first kappa shape index (κ1) is 18.4. The summed E-state index contributed by atoms with van der Waals surface area (Å²) in [6.45, 7) is 2.37. The third-order valence-electron chi connectivity index (χ3n) is 3.78. The summed E-state index contributed by atoms with van der Waals surface area (Å²) < 4.78 is 5.11. The van der Waals surface area contributed by atoms with Crippen molar-refractivity contribution in [3.8, 4) is 0 Å². The van der Waals surface area contributed by atoms with Crippen LogP contribution in [-0.2, 0) is 22.6 Å². The Balaban J connectivity index is 1.73. The number of likely N-dealkylation sites (N-methyl/N-ethyl adjacent to an activating group) is 1. The van der Waals surface area contributed by atoms with E-state index in [1.165, 1.54) is 5.56 Å². The molecule has 0 saturated carbocycles. The third-order valence-corrected chi connectivity index (χ3v) is 3.78. The molecule has 132 valence electrons. The molecule has 0 aliphatic rings. The predicted octanol–water partition coefficient (Wildman–Crippen LogP) is 2.40. The summed E-state index contributed by atoms with van der Waals surface area (Å²) in [4.78, 5) is 29.6. The maximum absolute atomic E-state index is 12.3. The van der Waals surface area contributed by atoms with Gasteiger partial charge in [-0.2, -0.15) is 0 Å². The molecule has 1 aromatic heterocycles. The highest BCUT2D eigenvalue weighted by Gasteiger charge is 2.19. The average Bonchev–Trinajstić information content (AvgIpc) is 2.65. The molecule has 1 atom stereocenters. The molecule has 1 N–H and O–H groups in total. The summed E-state index contributed by atoms with van der Waals surface area (Å²) >= 11 is 0. The number of nitrogens with zero attached hydrogens (tertiary/aromatic N) is 2. The van der Waals surface area contributed by atoms with E-state index < -0.39 is 12.1 Å². The molecule has 0 saturated heterocycles. The Morgan fingerprint density at radius 3 is 2.48 bits per heavy atom. The van der Waals surface area contributed by atoms with Gasteiger partial charge < -0.3 is 15.0 Å². The predicted molar refractivity (Wildman–Crippen MR) is 94.8 cm³/mol. The standard InChI is InChI=1S/C19H23N3O3/c1-15(21-19(24)25-14-17-8-11-20-12-9-17)18(23)22(2)13-10-16-6-4-3-5-7-16/h3-9,11-12,15H,10,13-14H2,1-2H3,(H,21,24)/t15-/m0/s1. The number of amides is 2. The Morgan fingerprint density at radius 1 is 1.12 bits per heavy atom. The van der Waals surface area contributed by atoms with E-state index in [1.54, 1.807) is 43.4 Å². The molecular weight excluding hydrogens is 318 g/mol. The van der Waals surface area contributed by atoms with Gasteiger partial charge in [-0.15, -0.1) is 0 Å². The van der Waals surface area contributed by atoms with Crippen LogP contribution in [0.4, 0.5) is 4.79 Å². The number of benzene rings is 1. The zero-order chi connectivity index (χ0) is 18.1. The molecule has 1 aromatic carbocycles. The van der Waals surface area contributed by atoms with E-state index in [4.69, 9.17) is 4.74 Å². The second-order valence-electron chi connectivity index (χ2n) is 5.79. The summed E-state index contributed by atoms with van der Waals surface area (Å²) in [6.07, 6.45) is 3.41. The van der Waals surface area contributed by atoms with Crippen molar-refractivity contribution in [1.29, 1.82) is 0 Å². The van der Waals surface area contributed by atoms with Gasteiger partial charge in [-0.1, -0.05) is 30.3 Å². The van der Waals surface area contributed by atoms with Crippen LogP contribution in [-0.4, -0.2) is 41.5 Å². The Bertz CT molecular complexity index is 677. The molecule has 0 aliphatic heterocycles. The van der Waals surface area contributed by atoms with Gasteiger partial charge in [0.25, 0.3) is 0 Å². The zero-order valence-corrected chi connectivity index (χ0v) is 14.5. The molecule has 6 heteroatoms. The second-order valence-corrected chi connectivity index (χ2v) is 5.79. The molecule has 0 aliphatic carbocycles. The highest BCUT2D eigenvalue weighted by atomic mass is 16.5. The number of hydrogen-bond donors (Lipinski definition) is 1. The van der Waals surface area contributed by atoms with E-state index in [1.807, 2.05) is 30.3 Å². The first-order valence-corrected chi connectivity index (χ1v) is 8.17. The monoisotopic (exact) mass is 341 g/mol. The lowest BCUT2D eigenvalue weighted by Gasteiger charge is -2.22. The number of aromatic nitrogens is 1. The molecule has 0 spiro atoms. The number of nitrogens with one attached hydrogen (secondary N) is 1. The summed E-state index contributed by atoms with van der Waals surface area (Å²) in [5.74, 6) is -0.156. The van der Waals surface area contributed by atoms with Gasteiger partial charge in [0.05, 0.1) is 0 Å². The summed E-state index contributed by atoms with van der Waals surface area (Å²) in [7, 11) is 1.73. The van der Waals surface area contributed by atoms with Crippen LogP contribution in [0.3, 0.4) is 0 Å². The van der Waals surface area contributed by atoms with Gasteiger partial charge in [0, 0.05) is 26.0 Å². The van der Waals surface area contributed by atoms with Crippen LogP contribution in [0.1, 0.15) is 18.1 Å². The first-order chi connectivity index (χ1) is 12.1. The number of hydrogen-bond acceptors (Lipinski definition) is 4. The van der Waals surface area contributed by atoms with Gasteiger partial charge in [-0.3, -0.25) is 9.78 Å². The normalized spacial score (nSPS) is 11.4. The Kier molecular flexibility index (Phi) is 6.95. The van der Waals surface area contributed by atoms with Crippen molar-refractivity contribution in [2.75, 3.05) is 13.6 Å². The Morgan fingerprint density at radius 2 is 1.80 bits per heavy atom. The maximum Gasteiger partial charge on any atom is 0.408 e. The van der Waals surface area contributed by atoms with E-state index in [9.17, 15) is 9.59 Å². The van der Waals surface area contributed by atoms with Crippen LogP contribution in [0, 0.1) is 0 Å². The molecule has 25 heavy (non-hydrogen) atoms. The molecular formula is C19H23N3O3. The van der Waals surface area contributed by atoms with Crippen LogP contribution in [0.5, 0.6) is 0 Å². The minimum Gasteiger partial charge on any atom is -0.445 e. The van der Waals surface area contributed by atoms with Gasteiger partial charge in [0.15, 0.2) is 0 Å². The van der Waals surface area contributed by atoms with E-state index in [2.05, 4.69) is 10.3 Å². The molecule has 2 rings (SSSR count). The lowest BCUT2D eigenvalue weighted by atomic mass is 10.1. The van der Waals surface area contributed by atoms with Crippen LogP contribution >= 0.6 is 0 Å². The van der Waals surface area contributed by atoms with Crippen molar-refractivity contribution in [1.82, 2.24) is 15.2 Å². The Hall–Kier alpha value is -2.89. The van der Waals surface area contributed by atoms with Crippen LogP contribution in [0.25, 0.3) is 0 Å². The van der Waals surface area contributed by atoms with Gasteiger partial charge in [-0.05, 0) is 36.6 Å². The fourth-order valence-electron chi connectivity index (χ4n) is 2.29. The van der Waals surface area contributed by atoms with Gasteiger partial charge >= 0.3 is 6.09 Å². The number of alkyl carbamates (subject to hydrolysis) is 1. The first-order valence-electron chi connectivity index (χ1n) is 8.17. The number of rotatable bonds is 7. The van der Waals surface area contributed by atoms with Gasteiger partial charge in [0.2, 0.25) is 5.91 Å². The fraction of sp³-hybridized carbons (Fsp3) is 0.316. The van der Waals surface area contributed by atoms with Crippen molar-refractivity contribution in [3.63, 3.8) is 0 Å². The number of carbonyl (C=O) groups is 2. The zero-order valence-electron chi connectivity index (χ0n) is 14.5. The lowest BCUT2D eigenvalue weighted by Crippen LogP contribution is -2.46. The molecule has 2 aromatic rings. The van der Waals surface area contributed by atoms with Crippen molar-refractivity contribution >= 4 is 12.0 Å². The van der Waals surface area contributed by atoms with Crippen molar-refractivity contribution in [2.45, 2.75) is 26.0 Å². The van der Waals surface area contributed by atoms with Crippen LogP contribution in [0.15, 0.2) is 54.9 Å². The quantitative estimate of drug-likeness (QED) is 0.839. The average molecular weight is 341 g/mol. The van der Waals surface area contributed by atoms with Crippen molar-refractivity contribution < 1.29 is 14.3 Å². The SMILES string of the molecule is C[C@H](NC(=O)OCc1ccncc1)C(=O)N(C)CCc1ccccc1. The van der Waals surface area contributed by atoms with E-state index in [-0.39, 0.29) is 12.5 Å². The van der Waals surface area contributed by atoms with E-state index in [0.29, 0.717) is 6.54 Å². The van der Waals surface area contributed by atoms with Crippen LogP contribution in [0.2, 0.25) is 0 Å². The highest BCUT2D eigenvalue weighted by Crippen LogP contribution is 2.03. The second kappa shape index (κ2) is 9.42. The van der Waals surface area contributed by atoms with Gasteiger partial charge in [0.1, 0.15) is 12.6 Å². The number of ether oxygens (including phenoxy) is 1. The van der Waals surface area contributed by atoms with E-state index >= 15 is 0 Å². The molecule has 1 heterocycles. The van der Waals surface area contributed by atoms with Crippen LogP contribution < -0.4 is 5.32 Å². The number of carbonyl (C=O) groups excluding carboxylic acids is 2. The Labute approximate surface area is 147 Å². The van der Waals surface area contributed by atoms with Crippen molar-refractivity contribution in [2.24, 2.45) is 0 Å². The topological polar surface area (TPSA) is 71.5 Å². The largest absolute Gasteiger partial charge is 0.445 e. The maximum atomic E-state index is 12.3. The molecule has 6 nitrogen and oxygen atoms in total. The molecule has 0 bridgehead atoms. The minimum atomic E-state index is -0.647. The molecule has 0 fully saturated rings. The fourth-order valence-corrected chi connectivity index (χ4v) is 2.29. The minimum absolute atomic E-state index is 0.138. The third kappa shape index (κ3) is 6.25.